The van der Waals surface area contributed by atoms with Gasteiger partial charge in [-0.3, -0.25) is 0 Å². The second-order valence-corrected chi connectivity index (χ2v) is 4.95. The number of rotatable bonds is 5. The minimum atomic E-state index is -0.410. The van der Waals surface area contributed by atoms with Crippen LogP contribution in [0.25, 0.3) is 0 Å². The molecule has 0 amide bonds. The highest BCUT2D eigenvalue weighted by molar-refractivity contribution is 9.10. The fraction of sp³-hybridized carbons (Fsp3) is 0.214. The van der Waals surface area contributed by atoms with E-state index < -0.39 is 5.82 Å². The number of nitrogens with zero attached hydrogens (tertiary/aromatic N) is 1. The van der Waals surface area contributed by atoms with E-state index in [1.807, 2.05) is 24.3 Å². The van der Waals surface area contributed by atoms with Crippen molar-refractivity contribution in [2.24, 2.45) is 0 Å². The first-order valence-electron chi connectivity index (χ1n) is 5.86. The number of pyridine rings is 1. The van der Waals surface area contributed by atoms with Crippen LogP contribution in [0.5, 0.6) is 5.88 Å². The van der Waals surface area contributed by atoms with Gasteiger partial charge in [0.25, 0.3) is 5.88 Å². The van der Waals surface area contributed by atoms with E-state index in [-0.39, 0.29) is 12.5 Å². The van der Waals surface area contributed by atoms with Crippen LogP contribution in [0.3, 0.4) is 0 Å². The van der Waals surface area contributed by atoms with Crippen molar-refractivity contribution in [1.29, 1.82) is 0 Å². The van der Waals surface area contributed by atoms with Gasteiger partial charge in [0.1, 0.15) is 6.61 Å². The van der Waals surface area contributed by atoms with Gasteiger partial charge in [-0.05, 0) is 30.8 Å². The maximum absolute atomic E-state index is 14.0. The molecule has 0 fully saturated rings. The molecule has 1 heterocycles. The van der Waals surface area contributed by atoms with Crippen molar-refractivity contribution < 1.29 is 9.13 Å². The van der Waals surface area contributed by atoms with Crippen LogP contribution in [0.15, 0.2) is 41.0 Å². The molecule has 0 spiro atoms. The van der Waals surface area contributed by atoms with Crippen LogP contribution in [0, 0.1) is 5.82 Å². The SMILES string of the molecule is CNCc1ccnc(OCc2cccc(Br)c2)c1F. The Labute approximate surface area is 119 Å². The van der Waals surface area contributed by atoms with Gasteiger partial charge < -0.3 is 10.1 Å². The van der Waals surface area contributed by atoms with Gasteiger partial charge in [-0.2, -0.15) is 0 Å². The molecule has 2 rings (SSSR count). The zero-order chi connectivity index (χ0) is 13.7. The molecule has 1 N–H and O–H groups in total. The monoisotopic (exact) mass is 324 g/mol. The molecule has 1 aromatic carbocycles. The lowest BCUT2D eigenvalue weighted by atomic mass is 10.2. The Hall–Kier alpha value is -1.46. The standard InChI is InChI=1S/C14H14BrFN2O/c1-17-8-11-5-6-18-14(13(11)16)19-9-10-3-2-4-12(15)7-10/h2-7,17H,8-9H2,1H3. The van der Waals surface area contributed by atoms with Crippen LogP contribution < -0.4 is 10.1 Å². The number of aromatic nitrogens is 1. The minimum Gasteiger partial charge on any atom is -0.471 e. The Kier molecular flexibility index (Phi) is 4.87. The first-order valence-corrected chi connectivity index (χ1v) is 6.65. The van der Waals surface area contributed by atoms with Crippen molar-refractivity contribution in [3.05, 3.63) is 57.9 Å². The summed E-state index contributed by atoms with van der Waals surface area (Å²) in [4.78, 5) is 3.92. The van der Waals surface area contributed by atoms with Gasteiger partial charge in [-0.1, -0.05) is 28.1 Å². The largest absolute Gasteiger partial charge is 0.471 e. The van der Waals surface area contributed by atoms with Crippen LogP contribution in [-0.4, -0.2) is 12.0 Å². The number of ether oxygens (including phenoxy) is 1. The van der Waals surface area contributed by atoms with E-state index in [2.05, 4.69) is 26.2 Å². The van der Waals surface area contributed by atoms with Gasteiger partial charge in [-0.25, -0.2) is 9.37 Å². The van der Waals surface area contributed by atoms with E-state index in [9.17, 15) is 4.39 Å². The van der Waals surface area contributed by atoms with Gasteiger partial charge in [0.15, 0.2) is 5.82 Å². The molecule has 100 valence electrons. The second-order valence-electron chi connectivity index (χ2n) is 4.04. The molecule has 0 bridgehead atoms. The quantitative estimate of drug-likeness (QED) is 0.916. The molecule has 1 aromatic heterocycles. The molecule has 2 aromatic rings. The van der Waals surface area contributed by atoms with Gasteiger partial charge in [0, 0.05) is 22.8 Å². The molecule has 0 unspecified atom stereocenters. The van der Waals surface area contributed by atoms with Crippen molar-refractivity contribution in [1.82, 2.24) is 10.3 Å². The number of nitrogens with one attached hydrogen (secondary N) is 1. The third kappa shape index (κ3) is 3.75. The summed E-state index contributed by atoms with van der Waals surface area (Å²) in [5.74, 6) is -0.375. The predicted molar refractivity (Wildman–Crippen MR) is 75.4 cm³/mol. The van der Waals surface area contributed by atoms with E-state index >= 15 is 0 Å². The fourth-order valence-corrected chi connectivity index (χ4v) is 2.11. The molecule has 0 aliphatic heterocycles. The highest BCUT2D eigenvalue weighted by Gasteiger charge is 2.10. The number of halogens is 2. The fourth-order valence-electron chi connectivity index (χ4n) is 1.67. The Morgan fingerprint density at radius 2 is 2.21 bits per heavy atom. The van der Waals surface area contributed by atoms with E-state index in [0.29, 0.717) is 12.1 Å². The van der Waals surface area contributed by atoms with Gasteiger partial charge in [-0.15, -0.1) is 0 Å². The molecular formula is C14H14BrFN2O. The first kappa shape index (κ1) is 14.0. The lowest BCUT2D eigenvalue weighted by molar-refractivity contribution is 0.276. The van der Waals surface area contributed by atoms with Crippen molar-refractivity contribution in [3.63, 3.8) is 0 Å². The van der Waals surface area contributed by atoms with Gasteiger partial charge in [0.2, 0.25) is 0 Å². The Morgan fingerprint density at radius 1 is 1.37 bits per heavy atom. The summed E-state index contributed by atoms with van der Waals surface area (Å²) >= 11 is 3.38. The van der Waals surface area contributed by atoms with Crippen LogP contribution in [0.4, 0.5) is 4.39 Å². The average molecular weight is 325 g/mol. The highest BCUT2D eigenvalue weighted by atomic mass is 79.9. The summed E-state index contributed by atoms with van der Waals surface area (Å²) in [5.41, 5.74) is 1.50. The Morgan fingerprint density at radius 3 is 2.95 bits per heavy atom. The summed E-state index contributed by atoms with van der Waals surface area (Å²) in [6, 6.07) is 9.31. The van der Waals surface area contributed by atoms with E-state index in [1.54, 1.807) is 19.3 Å². The lowest BCUT2D eigenvalue weighted by Crippen LogP contribution is -2.09. The van der Waals surface area contributed by atoms with Crippen molar-refractivity contribution in [2.45, 2.75) is 13.2 Å². The third-order valence-corrected chi connectivity index (χ3v) is 3.06. The predicted octanol–water partition coefficient (Wildman–Crippen LogP) is 3.28. The molecule has 5 heteroatoms. The number of benzene rings is 1. The summed E-state index contributed by atoms with van der Waals surface area (Å²) in [6.07, 6.45) is 1.55. The van der Waals surface area contributed by atoms with Crippen LogP contribution >= 0.6 is 15.9 Å². The normalized spacial score (nSPS) is 10.5. The molecule has 0 saturated heterocycles. The highest BCUT2D eigenvalue weighted by Crippen LogP contribution is 2.19. The Balaban J connectivity index is 2.09. The minimum absolute atomic E-state index is 0.0349. The molecule has 0 atom stereocenters. The first-order chi connectivity index (χ1) is 9.20. The number of hydrogen-bond donors (Lipinski definition) is 1. The molecule has 0 saturated carbocycles. The topological polar surface area (TPSA) is 34.2 Å². The lowest BCUT2D eigenvalue weighted by Gasteiger charge is -2.09. The number of hydrogen-bond acceptors (Lipinski definition) is 3. The summed E-state index contributed by atoms with van der Waals surface area (Å²) < 4.78 is 20.4. The van der Waals surface area contributed by atoms with Crippen LogP contribution in [-0.2, 0) is 13.2 Å². The molecular weight excluding hydrogens is 311 g/mol. The maximum Gasteiger partial charge on any atom is 0.251 e. The molecule has 19 heavy (non-hydrogen) atoms. The average Bonchev–Trinajstić information content (AvgIpc) is 2.40. The van der Waals surface area contributed by atoms with Gasteiger partial charge in [0.05, 0.1) is 0 Å². The summed E-state index contributed by atoms with van der Waals surface area (Å²) in [6.45, 7) is 0.730. The molecule has 0 radical (unpaired) electrons. The smallest absolute Gasteiger partial charge is 0.251 e. The van der Waals surface area contributed by atoms with E-state index in [1.165, 1.54) is 0 Å². The molecule has 0 aliphatic carbocycles. The van der Waals surface area contributed by atoms with Crippen LogP contribution in [0.2, 0.25) is 0 Å². The summed E-state index contributed by atoms with van der Waals surface area (Å²) in [5, 5.41) is 2.90. The van der Waals surface area contributed by atoms with Crippen molar-refractivity contribution in [3.8, 4) is 5.88 Å². The zero-order valence-electron chi connectivity index (χ0n) is 10.5. The Bertz CT molecular complexity index is 563. The van der Waals surface area contributed by atoms with E-state index in [0.717, 1.165) is 10.0 Å². The molecule has 3 nitrogen and oxygen atoms in total. The van der Waals surface area contributed by atoms with Crippen molar-refractivity contribution in [2.75, 3.05) is 7.05 Å². The second kappa shape index (κ2) is 6.63. The summed E-state index contributed by atoms with van der Waals surface area (Å²) in [7, 11) is 1.77. The maximum atomic E-state index is 14.0. The third-order valence-electron chi connectivity index (χ3n) is 2.57. The van der Waals surface area contributed by atoms with Crippen LogP contribution in [0.1, 0.15) is 11.1 Å². The van der Waals surface area contributed by atoms with Gasteiger partial charge >= 0.3 is 0 Å². The van der Waals surface area contributed by atoms with E-state index in [4.69, 9.17) is 4.74 Å². The zero-order valence-corrected chi connectivity index (χ0v) is 12.1. The molecule has 0 aliphatic rings. The van der Waals surface area contributed by atoms with Crippen molar-refractivity contribution >= 4 is 15.9 Å².